The monoisotopic (exact) mass is 381 g/mol. The molecule has 0 bridgehead atoms. The molecule has 1 aliphatic rings. The van der Waals surface area contributed by atoms with Gasteiger partial charge in [-0.2, -0.15) is 0 Å². The van der Waals surface area contributed by atoms with E-state index in [1.54, 1.807) is 16.3 Å². The van der Waals surface area contributed by atoms with Crippen LogP contribution in [0, 0.1) is 0 Å². The molecule has 4 rings (SSSR count). The van der Waals surface area contributed by atoms with E-state index in [4.69, 9.17) is 0 Å². The van der Waals surface area contributed by atoms with Crippen molar-refractivity contribution < 1.29 is 4.79 Å². The van der Waals surface area contributed by atoms with E-state index in [0.29, 0.717) is 26.1 Å². The SMILES string of the molecule is CCCn1c(=O)n(CCC(=O)N2CCSc3ccccc32)c2ccccc21. The number of aromatic nitrogens is 2. The molecule has 0 saturated heterocycles. The molecule has 0 N–H and O–H groups in total. The highest BCUT2D eigenvalue weighted by molar-refractivity contribution is 7.99. The Kier molecular flexibility index (Phi) is 5.07. The van der Waals surface area contributed by atoms with Crippen molar-refractivity contribution in [2.75, 3.05) is 17.2 Å². The third kappa shape index (κ3) is 3.30. The average Bonchev–Trinajstić information content (AvgIpc) is 2.97. The summed E-state index contributed by atoms with van der Waals surface area (Å²) in [6.45, 7) is 3.87. The zero-order valence-corrected chi connectivity index (χ0v) is 16.2. The van der Waals surface area contributed by atoms with E-state index in [9.17, 15) is 9.59 Å². The minimum Gasteiger partial charge on any atom is -0.310 e. The third-order valence-corrected chi connectivity index (χ3v) is 5.99. The van der Waals surface area contributed by atoms with Gasteiger partial charge in [-0.05, 0) is 30.7 Å². The Hall–Kier alpha value is -2.47. The highest BCUT2D eigenvalue weighted by Crippen LogP contribution is 2.34. The van der Waals surface area contributed by atoms with E-state index in [1.807, 2.05) is 51.9 Å². The van der Waals surface area contributed by atoms with Crippen LogP contribution in [0.3, 0.4) is 0 Å². The summed E-state index contributed by atoms with van der Waals surface area (Å²) in [5.74, 6) is 0.973. The minimum atomic E-state index is -0.0274. The molecule has 1 amide bonds. The molecule has 0 saturated carbocycles. The van der Waals surface area contributed by atoms with Crippen LogP contribution >= 0.6 is 11.8 Å². The molecule has 140 valence electrons. The second-order valence-corrected chi connectivity index (χ2v) is 7.82. The molecule has 6 heteroatoms. The maximum atomic E-state index is 12.9. The van der Waals surface area contributed by atoms with Crippen molar-refractivity contribution in [1.29, 1.82) is 0 Å². The Morgan fingerprint density at radius 3 is 2.41 bits per heavy atom. The summed E-state index contributed by atoms with van der Waals surface area (Å²) in [6, 6.07) is 15.8. The Bertz CT molecular complexity index is 1040. The van der Waals surface area contributed by atoms with Gasteiger partial charge >= 0.3 is 5.69 Å². The van der Waals surface area contributed by atoms with Crippen LogP contribution in [-0.4, -0.2) is 27.3 Å². The largest absolute Gasteiger partial charge is 0.329 e. The smallest absolute Gasteiger partial charge is 0.310 e. The second-order valence-electron chi connectivity index (χ2n) is 6.69. The van der Waals surface area contributed by atoms with Gasteiger partial charge in [0, 0.05) is 36.7 Å². The number of amides is 1. The first-order valence-corrected chi connectivity index (χ1v) is 10.4. The van der Waals surface area contributed by atoms with E-state index in [2.05, 4.69) is 13.0 Å². The fraction of sp³-hybridized carbons (Fsp3) is 0.333. The molecule has 0 radical (unpaired) electrons. The van der Waals surface area contributed by atoms with Crippen LogP contribution in [0.15, 0.2) is 58.2 Å². The Morgan fingerprint density at radius 2 is 1.67 bits per heavy atom. The number of carbonyl (C=O) groups excluding carboxylic acids is 1. The topological polar surface area (TPSA) is 47.2 Å². The fourth-order valence-electron chi connectivity index (χ4n) is 3.70. The van der Waals surface area contributed by atoms with Gasteiger partial charge in [0.15, 0.2) is 0 Å². The molecule has 0 atom stereocenters. The molecule has 27 heavy (non-hydrogen) atoms. The molecule has 0 spiro atoms. The van der Waals surface area contributed by atoms with E-state index in [0.717, 1.165) is 33.8 Å². The second kappa shape index (κ2) is 7.64. The van der Waals surface area contributed by atoms with Crippen LogP contribution in [0.25, 0.3) is 11.0 Å². The van der Waals surface area contributed by atoms with Crippen molar-refractivity contribution in [3.05, 3.63) is 59.0 Å². The highest BCUT2D eigenvalue weighted by Gasteiger charge is 2.23. The molecule has 5 nitrogen and oxygen atoms in total. The summed E-state index contributed by atoms with van der Waals surface area (Å²) in [6.07, 6.45) is 1.22. The van der Waals surface area contributed by atoms with Crippen LogP contribution in [-0.2, 0) is 17.9 Å². The van der Waals surface area contributed by atoms with Gasteiger partial charge in [-0.15, -0.1) is 11.8 Å². The van der Waals surface area contributed by atoms with Crippen LogP contribution in [0.1, 0.15) is 19.8 Å². The van der Waals surface area contributed by atoms with Crippen LogP contribution in [0.2, 0.25) is 0 Å². The van der Waals surface area contributed by atoms with Gasteiger partial charge in [0.2, 0.25) is 5.91 Å². The summed E-state index contributed by atoms with van der Waals surface area (Å²) >= 11 is 1.79. The zero-order chi connectivity index (χ0) is 18.8. The van der Waals surface area contributed by atoms with E-state index >= 15 is 0 Å². The lowest BCUT2D eigenvalue weighted by Gasteiger charge is -2.29. The first kappa shape index (κ1) is 17.9. The number of carbonyl (C=O) groups is 1. The number of fused-ring (bicyclic) bond motifs is 2. The normalized spacial score (nSPS) is 13.7. The maximum Gasteiger partial charge on any atom is 0.329 e. The van der Waals surface area contributed by atoms with Crippen molar-refractivity contribution in [2.24, 2.45) is 0 Å². The maximum absolute atomic E-state index is 12.9. The zero-order valence-electron chi connectivity index (χ0n) is 15.4. The predicted molar refractivity (Wildman–Crippen MR) is 111 cm³/mol. The number of anilines is 1. The number of benzene rings is 2. The lowest BCUT2D eigenvalue weighted by atomic mass is 10.2. The molecule has 3 aromatic rings. The Balaban J connectivity index is 1.59. The molecule has 0 fully saturated rings. The number of imidazole rings is 1. The molecule has 2 heterocycles. The quantitative estimate of drug-likeness (QED) is 0.676. The lowest BCUT2D eigenvalue weighted by Crippen LogP contribution is -2.36. The number of rotatable bonds is 5. The summed E-state index contributed by atoms with van der Waals surface area (Å²) in [5.41, 5.74) is 2.80. The molecule has 1 aliphatic heterocycles. The van der Waals surface area contributed by atoms with Gasteiger partial charge in [0.25, 0.3) is 0 Å². The number of hydrogen-bond donors (Lipinski definition) is 0. The van der Waals surface area contributed by atoms with Gasteiger partial charge in [0.05, 0.1) is 16.7 Å². The first-order chi connectivity index (χ1) is 13.2. The van der Waals surface area contributed by atoms with E-state index in [1.165, 1.54) is 0 Å². The van der Waals surface area contributed by atoms with Crippen molar-refractivity contribution in [3.63, 3.8) is 0 Å². The van der Waals surface area contributed by atoms with E-state index < -0.39 is 0 Å². The molecular weight excluding hydrogens is 358 g/mol. The van der Waals surface area contributed by atoms with Crippen molar-refractivity contribution in [2.45, 2.75) is 37.8 Å². The lowest BCUT2D eigenvalue weighted by molar-refractivity contribution is -0.118. The summed E-state index contributed by atoms with van der Waals surface area (Å²) in [7, 11) is 0. The standard InChI is InChI=1S/C21H23N3O2S/c1-2-12-23-16-7-3-4-8-17(16)24(21(23)26)13-11-20(25)22-14-15-27-19-10-6-5-9-18(19)22/h3-10H,2,11-15H2,1H3. The number of nitrogens with zero attached hydrogens (tertiary/aromatic N) is 3. The van der Waals surface area contributed by atoms with Gasteiger partial charge < -0.3 is 4.90 Å². The van der Waals surface area contributed by atoms with Crippen molar-refractivity contribution in [3.8, 4) is 0 Å². The summed E-state index contributed by atoms with van der Waals surface area (Å²) < 4.78 is 3.56. The number of para-hydroxylation sites is 3. The fourth-order valence-corrected chi connectivity index (χ4v) is 4.69. The summed E-state index contributed by atoms with van der Waals surface area (Å²) in [5, 5.41) is 0. The van der Waals surface area contributed by atoms with Gasteiger partial charge in [-0.3, -0.25) is 13.9 Å². The van der Waals surface area contributed by atoms with Gasteiger partial charge in [0.1, 0.15) is 0 Å². The van der Waals surface area contributed by atoms with Gasteiger partial charge in [-0.25, -0.2) is 4.79 Å². The highest BCUT2D eigenvalue weighted by atomic mass is 32.2. The first-order valence-electron chi connectivity index (χ1n) is 9.41. The molecular formula is C21H23N3O2S. The number of thioether (sulfide) groups is 1. The third-order valence-electron chi connectivity index (χ3n) is 4.95. The van der Waals surface area contributed by atoms with Crippen molar-refractivity contribution >= 4 is 34.4 Å². The molecule has 0 unspecified atom stereocenters. The predicted octanol–water partition coefficient (Wildman–Crippen LogP) is 3.74. The average molecular weight is 382 g/mol. The molecule has 2 aromatic carbocycles. The number of hydrogen-bond acceptors (Lipinski definition) is 3. The van der Waals surface area contributed by atoms with E-state index in [-0.39, 0.29) is 11.6 Å². The molecule has 1 aromatic heterocycles. The van der Waals surface area contributed by atoms with Crippen LogP contribution in [0.4, 0.5) is 5.69 Å². The van der Waals surface area contributed by atoms with Crippen LogP contribution < -0.4 is 10.6 Å². The van der Waals surface area contributed by atoms with Gasteiger partial charge in [-0.1, -0.05) is 31.2 Å². The number of aryl methyl sites for hydroxylation is 2. The Morgan fingerprint density at radius 1 is 1.00 bits per heavy atom. The van der Waals surface area contributed by atoms with Crippen molar-refractivity contribution in [1.82, 2.24) is 9.13 Å². The summed E-state index contributed by atoms with van der Waals surface area (Å²) in [4.78, 5) is 28.8. The minimum absolute atomic E-state index is 0.0274. The Labute approximate surface area is 162 Å². The molecule has 0 aliphatic carbocycles. The van der Waals surface area contributed by atoms with Crippen LogP contribution in [0.5, 0.6) is 0 Å².